The van der Waals surface area contributed by atoms with E-state index in [-0.39, 0.29) is 27.3 Å². The Kier molecular flexibility index (Phi) is 6.85. The molecule has 3 aliphatic rings. The van der Waals surface area contributed by atoms with Gasteiger partial charge in [0.25, 0.3) is 0 Å². The van der Waals surface area contributed by atoms with Crippen LogP contribution in [0.4, 0.5) is 4.39 Å². The van der Waals surface area contributed by atoms with Crippen LogP contribution in [0, 0.1) is 17.2 Å². The molecule has 2 aromatic rings. The molecular formula is C29H32Cl2FNO3S. The average Bonchev–Trinajstić information content (AvgIpc) is 3.22. The smallest absolute Gasteiger partial charge is 0.206 e. The van der Waals surface area contributed by atoms with Crippen LogP contribution in [0.1, 0.15) is 70.4 Å². The molecule has 1 spiro atoms. The highest BCUT2D eigenvalue weighted by Crippen LogP contribution is 2.60. The lowest BCUT2D eigenvalue weighted by molar-refractivity contribution is -0.126. The van der Waals surface area contributed by atoms with Gasteiger partial charge >= 0.3 is 0 Å². The summed E-state index contributed by atoms with van der Waals surface area (Å²) in [6.45, 7) is 8.07. The molecule has 2 aliphatic heterocycles. The summed E-state index contributed by atoms with van der Waals surface area (Å²) in [6.07, 6.45) is 2.06. The number of ketones is 1. The highest BCUT2D eigenvalue weighted by Gasteiger charge is 2.65. The summed E-state index contributed by atoms with van der Waals surface area (Å²) < 4.78 is 15.0. The number of aliphatic hydroxyl groups is 1. The highest BCUT2D eigenvalue weighted by molar-refractivity contribution is 8.14. The maximum Gasteiger partial charge on any atom is 0.206 e. The summed E-state index contributed by atoms with van der Waals surface area (Å²) in [4.78, 5) is 28.7. The molecule has 198 valence electrons. The number of carbonyl (C=O) groups is 2. The lowest BCUT2D eigenvalue weighted by Crippen LogP contribution is -2.47. The number of nitrogens with one attached hydrogen (secondary N) is 1. The Morgan fingerprint density at radius 2 is 1.92 bits per heavy atom. The van der Waals surface area contributed by atoms with Gasteiger partial charge in [0.1, 0.15) is 5.82 Å². The molecule has 2 N–H and O–H groups in total. The lowest BCUT2D eigenvalue weighted by Gasteiger charge is -2.41. The van der Waals surface area contributed by atoms with Crippen LogP contribution in [-0.4, -0.2) is 33.7 Å². The third-order valence-corrected chi connectivity index (χ3v) is 9.69. The number of halogens is 3. The van der Waals surface area contributed by atoms with Crippen molar-refractivity contribution in [2.24, 2.45) is 11.3 Å². The molecule has 1 saturated carbocycles. The average molecular weight is 565 g/mol. The van der Waals surface area contributed by atoms with Gasteiger partial charge in [-0.2, -0.15) is 0 Å². The van der Waals surface area contributed by atoms with Gasteiger partial charge in [0.15, 0.2) is 5.78 Å². The Labute approximate surface area is 231 Å². The van der Waals surface area contributed by atoms with E-state index in [9.17, 15) is 19.1 Å². The molecule has 4 atom stereocenters. The number of Topliss-reactive ketones (excluding diaryl/α,β-unsaturated/α-hetero) is 1. The largest absolute Gasteiger partial charge is 0.390 e. The van der Waals surface area contributed by atoms with Crippen molar-refractivity contribution < 1.29 is 19.1 Å². The molecule has 1 aliphatic carbocycles. The summed E-state index contributed by atoms with van der Waals surface area (Å²) in [6, 6.07) is 9.14. The van der Waals surface area contributed by atoms with Crippen molar-refractivity contribution in [2.75, 3.05) is 0 Å². The molecule has 37 heavy (non-hydrogen) atoms. The SMILES string of the molecule is CC(C)(C)C[C@H]1N[C@@H](C(=O)CC2CC(C)(O)C2)[C@H](c2cccc(Cl)c2)[C@@]12C(=O)Sc1cc(Cl)c(F)cc12. The molecule has 0 unspecified atom stereocenters. The quantitative estimate of drug-likeness (QED) is 0.424. The van der Waals surface area contributed by atoms with E-state index in [1.165, 1.54) is 12.1 Å². The van der Waals surface area contributed by atoms with Crippen molar-refractivity contribution in [3.63, 3.8) is 0 Å². The molecule has 5 rings (SSSR count). The summed E-state index contributed by atoms with van der Waals surface area (Å²) in [5.41, 5.74) is -0.725. The van der Waals surface area contributed by atoms with Gasteiger partial charge in [-0.3, -0.25) is 9.59 Å². The van der Waals surface area contributed by atoms with E-state index in [1.54, 1.807) is 13.0 Å². The minimum atomic E-state index is -1.17. The van der Waals surface area contributed by atoms with E-state index in [1.807, 2.05) is 18.2 Å². The molecule has 2 aromatic carbocycles. The summed E-state index contributed by atoms with van der Waals surface area (Å²) >= 11 is 13.6. The maximum atomic E-state index is 15.0. The monoisotopic (exact) mass is 563 g/mol. The summed E-state index contributed by atoms with van der Waals surface area (Å²) in [7, 11) is 0. The van der Waals surface area contributed by atoms with Gasteiger partial charge in [-0.05, 0) is 72.9 Å². The van der Waals surface area contributed by atoms with Crippen molar-refractivity contribution in [3.05, 3.63) is 63.4 Å². The standard InChI is InChI=1S/C29H32Cl2FNO3S/c1-27(2,3)14-23-29(18-10-20(32)19(31)11-22(18)37-26(29)35)24(16-6-5-7-17(30)9-16)25(33-23)21(34)8-15-12-28(4,36)13-15/h5-7,9-11,15,23-25,33,36H,8,12-14H2,1-4H3/t15?,23-,24+,25+,28?,29+/m1/s1. The van der Waals surface area contributed by atoms with E-state index in [0.29, 0.717) is 41.2 Å². The third-order valence-electron chi connectivity index (χ3n) is 8.08. The first kappa shape index (κ1) is 27.1. The lowest BCUT2D eigenvalue weighted by atomic mass is 9.62. The van der Waals surface area contributed by atoms with E-state index in [4.69, 9.17) is 23.2 Å². The maximum absolute atomic E-state index is 15.0. The van der Waals surface area contributed by atoms with E-state index in [0.717, 1.165) is 17.3 Å². The number of hydrogen-bond donors (Lipinski definition) is 2. The van der Waals surface area contributed by atoms with Crippen LogP contribution < -0.4 is 5.32 Å². The van der Waals surface area contributed by atoms with Crippen LogP contribution in [0.2, 0.25) is 10.0 Å². The van der Waals surface area contributed by atoms with Gasteiger partial charge in [0, 0.05) is 28.3 Å². The molecule has 1 saturated heterocycles. The van der Waals surface area contributed by atoms with Gasteiger partial charge in [-0.25, -0.2) is 4.39 Å². The van der Waals surface area contributed by atoms with Crippen LogP contribution >= 0.6 is 35.0 Å². The Bertz CT molecular complexity index is 1270. The van der Waals surface area contributed by atoms with Crippen LogP contribution in [0.15, 0.2) is 41.3 Å². The first-order chi connectivity index (χ1) is 17.2. The first-order valence-corrected chi connectivity index (χ1v) is 14.3. The van der Waals surface area contributed by atoms with Gasteiger partial charge in [-0.1, -0.05) is 67.9 Å². The second kappa shape index (κ2) is 9.34. The highest BCUT2D eigenvalue weighted by atomic mass is 35.5. The van der Waals surface area contributed by atoms with Gasteiger partial charge in [0.05, 0.1) is 22.1 Å². The molecule has 8 heteroatoms. The fourth-order valence-electron chi connectivity index (χ4n) is 6.79. The minimum absolute atomic E-state index is 0.00180. The van der Waals surface area contributed by atoms with E-state index < -0.39 is 34.8 Å². The zero-order valence-electron chi connectivity index (χ0n) is 21.4. The predicted octanol–water partition coefficient (Wildman–Crippen LogP) is 6.68. The van der Waals surface area contributed by atoms with Crippen molar-refractivity contribution in [1.82, 2.24) is 5.32 Å². The fraction of sp³-hybridized carbons (Fsp3) is 0.517. The fourth-order valence-corrected chi connectivity index (χ4v) is 8.47. The number of benzene rings is 2. The summed E-state index contributed by atoms with van der Waals surface area (Å²) in [5, 5.41) is 14.2. The van der Waals surface area contributed by atoms with Crippen molar-refractivity contribution in [1.29, 1.82) is 0 Å². The Hall–Kier alpha value is -1.44. The number of hydrogen-bond acceptors (Lipinski definition) is 5. The van der Waals surface area contributed by atoms with E-state index >= 15 is 0 Å². The molecule has 0 amide bonds. The van der Waals surface area contributed by atoms with Gasteiger partial charge in [0.2, 0.25) is 5.12 Å². The Balaban J connectivity index is 1.68. The second-order valence-electron chi connectivity index (χ2n) is 12.5. The number of fused-ring (bicyclic) bond motifs is 2. The summed E-state index contributed by atoms with van der Waals surface area (Å²) in [5.74, 6) is -1.06. The van der Waals surface area contributed by atoms with Crippen LogP contribution in [0.3, 0.4) is 0 Å². The molecule has 4 nitrogen and oxygen atoms in total. The predicted molar refractivity (Wildman–Crippen MR) is 146 cm³/mol. The van der Waals surface area contributed by atoms with Crippen molar-refractivity contribution in [2.45, 2.75) is 87.3 Å². The molecule has 0 aromatic heterocycles. The Morgan fingerprint density at radius 1 is 1.22 bits per heavy atom. The second-order valence-corrected chi connectivity index (χ2v) is 14.3. The van der Waals surface area contributed by atoms with Crippen molar-refractivity contribution >= 4 is 45.9 Å². The number of carbonyl (C=O) groups excluding carboxylic acids is 2. The number of thioether (sulfide) groups is 1. The zero-order valence-corrected chi connectivity index (χ0v) is 23.7. The minimum Gasteiger partial charge on any atom is -0.390 e. The van der Waals surface area contributed by atoms with Gasteiger partial charge < -0.3 is 10.4 Å². The zero-order chi connectivity index (χ0) is 26.9. The molecule has 2 heterocycles. The molecular weight excluding hydrogens is 532 g/mol. The van der Waals surface area contributed by atoms with Crippen molar-refractivity contribution in [3.8, 4) is 0 Å². The Morgan fingerprint density at radius 3 is 2.54 bits per heavy atom. The van der Waals surface area contributed by atoms with E-state index in [2.05, 4.69) is 26.1 Å². The van der Waals surface area contributed by atoms with Crippen LogP contribution in [-0.2, 0) is 15.0 Å². The number of rotatable bonds is 5. The topological polar surface area (TPSA) is 66.4 Å². The first-order valence-electron chi connectivity index (χ1n) is 12.7. The van der Waals surface area contributed by atoms with Crippen LogP contribution in [0.25, 0.3) is 0 Å². The van der Waals surface area contributed by atoms with Crippen LogP contribution in [0.5, 0.6) is 0 Å². The third kappa shape index (κ3) is 4.78. The van der Waals surface area contributed by atoms with Gasteiger partial charge in [-0.15, -0.1) is 0 Å². The molecule has 0 radical (unpaired) electrons. The normalized spacial score (nSPS) is 33.0. The molecule has 2 fully saturated rings. The molecule has 0 bridgehead atoms.